The molecule has 0 saturated carbocycles. The molecule has 1 aromatic rings. The molecule has 3 N–H and O–H groups in total. The highest BCUT2D eigenvalue weighted by Gasteiger charge is 2.34. The standard InChI is InChI=1S/C15H17ClN2O5/c16-10-4-2-1-3-9(10)13(19)17-7-8-18-14(20)11-5-6-12(23-11)15(21)22/h1-4,11-12H,5-8H2,(H,17,19)(H,18,20)(H,21,22)/t11-,12+/m0/s1. The van der Waals surface area contributed by atoms with Gasteiger partial charge in [0.05, 0.1) is 10.6 Å². The lowest BCUT2D eigenvalue weighted by molar-refractivity contribution is -0.151. The van der Waals surface area contributed by atoms with E-state index in [9.17, 15) is 14.4 Å². The second-order valence-corrected chi connectivity index (χ2v) is 5.46. The van der Waals surface area contributed by atoms with Crippen LogP contribution >= 0.6 is 11.6 Å². The van der Waals surface area contributed by atoms with E-state index in [1.165, 1.54) is 0 Å². The van der Waals surface area contributed by atoms with Crippen molar-refractivity contribution in [2.45, 2.75) is 25.0 Å². The van der Waals surface area contributed by atoms with Gasteiger partial charge in [-0.3, -0.25) is 9.59 Å². The van der Waals surface area contributed by atoms with Gasteiger partial charge in [0.25, 0.3) is 5.91 Å². The number of nitrogens with one attached hydrogen (secondary N) is 2. The number of halogens is 1. The second-order valence-electron chi connectivity index (χ2n) is 5.06. The summed E-state index contributed by atoms with van der Waals surface area (Å²) in [6.07, 6.45) is -0.994. The Morgan fingerprint density at radius 3 is 2.43 bits per heavy atom. The van der Waals surface area contributed by atoms with E-state index >= 15 is 0 Å². The molecule has 23 heavy (non-hydrogen) atoms. The molecular formula is C15H17ClN2O5. The van der Waals surface area contributed by atoms with Crippen LogP contribution in [0.25, 0.3) is 0 Å². The molecule has 1 aliphatic heterocycles. The van der Waals surface area contributed by atoms with Gasteiger partial charge in [0.2, 0.25) is 5.91 Å². The number of rotatable bonds is 6. The fourth-order valence-corrected chi connectivity index (χ4v) is 2.45. The van der Waals surface area contributed by atoms with Crippen LogP contribution in [0, 0.1) is 0 Å². The average molecular weight is 341 g/mol. The molecule has 2 rings (SSSR count). The van der Waals surface area contributed by atoms with Crippen molar-refractivity contribution in [1.29, 1.82) is 0 Å². The zero-order valence-electron chi connectivity index (χ0n) is 12.3. The van der Waals surface area contributed by atoms with Crippen LogP contribution in [0.1, 0.15) is 23.2 Å². The van der Waals surface area contributed by atoms with Gasteiger partial charge < -0.3 is 20.5 Å². The summed E-state index contributed by atoms with van der Waals surface area (Å²) >= 11 is 5.91. The molecule has 0 bridgehead atoms. The number of ether oxygens (including phenoxy) is 1. The number of carboxylic acid groups (broad SMARTS) is 1. The van der Waals surface area contributed by atoms with Gasteiger partial charge in [-0.25, -0.2) is 4.79 Å². The molecule has 0 radical (unpaired) electrons. The maximum atomic E-state index is 11.9. The quantitative estimate of drug-likeness (QED) is 0.665. The second kappa shape index (κ2) is 7.94. The van der Waals surface area contributed by atoms with E-state index in [0.717, 1.165) is 0 Å². The van der Waals surface area contributed by atoms with Gasteiger partial charge in [0, 0.05) is 13.1 Å². The van der Waals surface area contributed by atoms with E-state index in [-0.39, 0.29) is 24.9 Å². The summed E-state index contributed by atoms with van der Waals surface area (Å²) in [7, 11) is 0. The largest absolute Gasteiger partial charge is 0.479 e. The minimum Gasteiger partial charge on any atom is -0.479 e. The molecule has 8 heteroatoms. The first-order valence-electron chi connectivity index (χ1n) is 7.17. The van der Waals surface area contributed by atoms with Gasteiger partial charge in [0.1, 0.15) is 6.10 Å². The van der Waals surface area contributed by atoms with Crippen molar-refractivity contribution in [2.75, 3.05) is 13.1 Å². The molecule has 7 nitrogen and oxygen atoms in total. The van der Waals surface area contributed by atoms with Gasteiger partial charge in [-0.2, -0.15) is 0 Å². The number of hydrogen-bond donors (Lipinski definition) is 3. The molecule has 0 spiro atoms. The predicted molar refractivity (Wildman–Crippen MR) is 82.3 cm³/mol. The molecule has 2 amide bonds. The van der Waals surface area contributed by atoms with Crippen LogP contribution in [0.4, 0.5) is 0 Å². The zero-order valence-corrected chi connectivity index (χ0v) is 13.0. The maximum Gasteiger partial charge on any atom is 0.332 e. The third-order valence-corrected chi connectivity index (χ3v) is 3.75. The molecule has 1 fully saturated rings. The molecule has 0 aliphatic carbocycles. The molecule has 1 aromatic carbocycles. The summed E-state index contributed by atoms with van der Waals surface area (Å²) in [5.41, 5.74) is 0.365. The van der Waals surface area contributed by atoms with E-state index in [2.05, 4.69) is 10.6 Å². The summed E-state index contributed by atoms with van der Waals surface area (Å²) in [6, 6.07) is 6.66. The van der Waals surface area contributed by atoms with E-state index in [0.29, 0.717) is 23.4 Å². The minimum absolute atomic E-state index is 0.215. The lowest BCUT2D eigenvalue weighted by Gasteiger charge is -2.12. The first kappa shape index (κ1) is 17.2. The van der Waals surface area contributed by atoms with Crippen LogP contribution in [-0.2, 0) is 14.3 Å². The third-order valence-electron chi connectivity index (χ3n) is 3.42. The van der Waals surface area contributed by atoms with Crippen molar-refractivity contribution in [2.24, 2.45) is 0 Å². The molecule has 2 atom stereocenters. The Labute approximate surface area is 138 Å². The Morgan fingerprint density at radius 2 is 1.78 bits per heavy atom. The molecular weight excluding hydrogens is 324 g/mol. The number of hydrogen-bond acceptors (Lipinski definition) is 4. The van der Waals surface area contributed by atoms with Crippen LogP contribution in [0.3, 0.4) is 0 Å². The first-order chi connectivity index (χ1) is 11.0. The smallest absolute Gasteiger partial charge is 0.332 e. The van der Waals surface area contributed by atoms with Crippen LogP contribution in [0.15, 0.2) is 24.3 Å². The Morgan fingerprint density at radius 1 is 1.13 bits per heavy atom. The van der Waals surface area contributed by atoms with Gasteiger partial charge >= 0.3 is 5.97 Å². The number of aliphatic carboxylic acids is 1. The van der Waals surface area contributed by atoms with Gasteiger partial charge in [-0.15, -0.1) is 0 Å². The van der Waals surface area contributed by atoms with Gasteiger partial charge in [-0.05, 0) is 25.0 Å². The van der Waals surface area contributed by atoms with Crippen molar-refractivity contribution < 1.29 is 24.2 Å². The van der Waals surface area contributed by atoms with E-state index in [4.69, 9.17) is 21.4 Å². The van der Waals surface area contributed by atoms with Gasteiger partial charge in [-0.1, -0.05) is 23.7 Å². The molecule has 124 valence electrons. The number of carbonyl (C=O) groups is 3. The number of carbonyl (C=O) groups excluding carboxylic acids is 2. The summed E-state index contributed by atoms with van der Waals surface area (Å²) < 4.78 is 5.13. The Balaban J connectivity index is 1.69. The Hall–Kier alpha value is -2.12. The van der Waals surface area contributed by atoms with Crippen LogP contribution < -0.4 is 10.6 Å². The average Bonchev–Trinajstić information content (AvgIpc) is 3.02. The van der Waals surface area contributed by atoms with Crippen molar-refractivity contribution in [1.82, 2.24) is 10.6 Å². The SMILES string of the molecule is O=C(NCCNC(=O)[C@@H]1CC[C@H](C(=O)O)O1)c1ccccc1Cl. The van der Waals surface area contributed by atoms with Crippen molar-refractivity contribution in [3.63, 3.8) is 0 Å². The van der Waals surface area contributed by atoms with Crippen LogP contribution in [-0.4, -0.2) is 48.2 Å². The number of amides is 2. The van der Waals surface area contributed by atoms with Crippen molar-refractivity contribution >= 4 is 29.4 Å². The Kier molecular flexibility index (Phi) is 5.95. The van der Waals surface area contributed by atoms with Crippen molar-refractivity contribution in [3.05, 3.63) is 34.9 Å². The van der Waals surface area contributed by atoms with Crippen LogP contribution in [0.2, 0.25) is 5.02 Å². The predicted octanol–water partition coefficient (Wildman–Crippen LogP) is 0.818. The molecule has 1 aliphatic rings. The summed E-state index contributed by atoms with van der Waals surface area (Å²) in [5, 5.41) is 14.4. The van der Waals surface area contributed by atoms with E-state index in [1.807, 2.05) is 0 Å². The third kappa shape index (κ3) is 4.67. The summed E-state index contributed by atoms with van der Waals surface area (Å²) in [6.45, 7) is 0.442. The van der Waals surface area contributed by atoms with Crippen LogP contribution in [0.5, 0.6) is 0 Å². The topological polar surface area (TPSA) is 105 Å². The monoisotopic (exact) mass is 340 g/mol. The lowest BCUT2D eigenvalue weighted by Crippen LogP contribution is -2.40. The lowest BCUT2D eigenvalue weighted by atomic mass is 10.2. The first-order valence-corrected chi connectivity index (χ1v) is 7.55. The van der Waals surface area contributed by atoms with E-state index < -0.39 is 18.2 Å². The van der Waals surface area contributed by atoms with Crippen molar-refractivity contribution in [3.8, 4) is 0 Å². The number of benzene rings is 1. The molecule has 1 saturated heterocycles. The van der Waals surface area contributed by atoms with Gasteiger partial charge in [0.15, 0.2) is 6.10 Å². The maximum absolute atomic E-state index is 11.9. The normalized spacial score (nSPS) is 20.0. The highest BCUT2D eigenvalue weighted by Crippen LogP contribution is 2.19. The van der Waals surface area contributed by atoms with E-state index in [1.54, 1.807) is 24.3 Å². The highest BCUT2D eigenvalue weighted by molar-refractivity contribution is 6.33. The molecule has 0 unspecified atom stereocenters. The fourth-order valence-electron chi connectivity index (χ4n) is 2.23. The fraction of sp³-hybridized carbons (Fsp3) is 0.400. The molecule has 0 aromatic heterocycles. The summed E-state index contributed by atoms with van der Waals surface area (Å²) in [4.78, 5) is 34.5. The Bertz CT molecular complexity index is 607. The number of carboxylic acids is 1. The zero-order chi connectivity index (χ0) is 16.8. The highest BCUT2D eigenvalue weighted by atomic mass is 35.5. The summed E-state index contributed by atoms with van der Waals surface area (Å²) in [5.74, 6) is -1.76. The minimum atomic E-state index is -1.06. The molecule has 1 heterocycles.